The van der Waals surface area contributed by atoms with Gasteiger partial charge in [-0.3, -0.25) is 0 Å². The molecule has 21 heavy (non-hydrogen) atoms. The number of furan rings is 1. The molecule has 4 rings (SSSR count). The summed E-state index contributed by atoms with van der Waals surface area (Å²) in [6.45, 7) is 1.93. The predicted octanol–water partition coefficient (Wildman–Crippen LogP) is 3.19. The summed E-state index contributed by atoms with van der Waals surface area (Å²) in [4.78, 5) is 6.76. The molecule has 3 aromatic rings. The highest BCUT2D eigenvalue weighted by atomic mass is 16.5. The third kappa shape index (κ3) is 1.68. The van der Waals surface area contributed by atoms with Crippen molar-refractivity contribution in [3.8, 4) is 11.5 Å². The van der Waals surface area contributed by atoms with Crippen LogP contribution in [0.3, 0.4) is 0 Å². The lowest BCUT2D eigenvalue weighted by Crippen LogP contribution is -2.17. The molecule has 0 aliphatic carbocycles. The Balaban J connectivity index is 2.03. The van der Waals surface area contributed by atoms with E-state index in [0.29, 0.717) is 34.2 Å². The Labute approximate surface area is 121 Å². The van der Waals surface area contributed by atoms with Crippen LogP contribution in [0.5, 0.6) is 11.5 Å². The number of benzene rings is 1. The molecule has 1 aliphatic rings. The monoisotopic (exact) mass is 288 g/mol. The van der Waals surface area contributed by atoms with Crippen LogP contribution in [0, 0.1) is 0 Å². The molecule has 2 aromatic heterocycles. The van der Waals surface area contributed by atoms with Crippen molar-refractivity contribution in [2.24, 2.45) is 0 Å². The summed E-state index contributed by atoms with van der Waals surface area (Å²) in [6, 6.07) is 2.46. The van der Waals surface area contributed by atoms with Gasteiger partial charge in [-0.2, -0.15) is 4.98 Å². The smallest absolute Gasteiger partial charge is 0.298 e. The van der Waals surface area contributed by atoms with Crippen molar-refractivity contribution in [2.75, 3.05) is 32.2 Å². The molecule has 0 bridgehead atoms. The third-order valence-electron chi connectivity index (χ3n) is 3.94. The molecule has 1 fully saturated rings. The van der Waals surface area contributed by atoms with Gasteiger partial charge in [-0.25, -0.2) is 0 Å². The summed E-state index contributed by atoms with van der Waals surface area (Å²) >= 11 is 0. The van der Waals surface area contributed by atoms with Crippen LogP contribution in [0.2, 0.25) is 0 Å². The molecule has 0 unspecified atom stereocenters. The number of ether oxygens (including phenoxy) is 2. The average molecular weight is 288 g/mol. The summed E-state index contributed by atoms with van der Waals surface area (Å²) in [5.41, 5.74) is 1.86. The van der Waals surface area contributed by atoms with E-state index in [0.717, 1.165) is 31.3 Å². The molecule has 1 aliphatic heterocycles. The standard InChI is InChI=1S/C15H16N2O4/c1-18-11-9-5-8-20-12(9)14(19-2)13-10(11)16-15(21-13)17-6-3-4-7-17/h5,8H,3-4,6-7H2,1-2H3. The molecule has 1 aromatic carbocycles. The Morgan fingerprint density at radius 3 is 2.57 bits per heavy atom. The number of aromatic nitrogens is 1. The van der Waals surface area contributed by atoms with Crippen LogP contribution in [0.1, 0.15) is 12.8 Å². The van der Waals surface area contributed by atoms with Gasteiger partial charge in [0.05, 0.1) is 25.9 Å². The van der Waals surface area contributed by atoms with Crippen LogP contribution in [0.4, 0.5) is 6.01 Å². The van der Waals surface area contributed by atoms with Gasteiger partial charge in [-0.15, -0.1) is 0 Å². The van der Waals surface area contributed by atoms with Crippen molar-refractivity contribution in [1.29, 1.82) is 0 Å². The molecular weight excluding hydrogens is 272 g/mol. The summed E-state index contributed by atoms with van der Waals surface area (Å²) in [6.07, 6.45) is 3.93. The Morgan fingerprint density at radius 1 is 1.10 bits per heavy atom. The van der Waals surface area contributed by atoms with Gasteiger partial charge in [0.1, 0.15) is 0 Å². The molecule has 6 heteroatoms. The van der Waals surface area contributed by atoms with Crippen LogP contribution in [0.25, 0.3) is 22.1 Å². The number of nitrogens with zero attached hydrogens (tertiary/aromatic N) is 2. The van der Waals surface area contributed by atoms with E-state index in [-0.39, 0.29) is 0 Å². The van der Waals surface area contributed by atoms with Gasteiger partial charge in [-0.1, -0.05) is 0 Å². The summed E-state index contributed by atoms with van der Waals surface area (Å²) in [5, 5.41) is 0.836. The average Bonchev–Trinajstić information content (AvgIpc) is 3.21. The maximum absolute atomic E-state index is 5.94. The highest BCUT2D eigenvalue weighted by Gasteiger charge is 2.26. The normalized spacial score (nSPS) is 15.2. The van der Waals surface area contributed by atoms with Crippen LogP contribution >= 0.6 is 0 Å². The van der Waals surface area contributed by atoms with E-state index >= 15 is 0 Å². The zero-order valence-corrected chi connectivity index (χ0v) is 12.0. The van der Waals surface area contributed by atoms with Crippen LogP contribution in [-0.4, -0.2) is 32.3 Å². The van der Waals surface area contributed by atoms with Crippen LogP contribution < -0.4 is 14.4 Å². The predicted molar refractivity (Wildman–Crippen MR) is 78.3 cm³/mol. The van der Waals surface area contributed by atoms with Gasteiger partial charge in [0.15, 0.2) is 16.8 Å². The fraction of sp³-hybridized carbons (Fsp3) is 0.400. The lowest BCUT2D eigenvalue weighted by Gasteiger charge is -2.10. The molecule has 0 amide bonds. The van der Waals surface area contributed by atoms with Gasteiger partial charge >= 0.3 is 0 Å². The molecule has 0 spiro atoms. The van der Waals surface area contributed by atoms with E-state index in [9.17, 15) is 0 Å². The SMILES string of the molecule is COc1c2ccoc2c(OC)c2oc(N3CCCC3)nc12. The quantitative estimate of drug-likeness (QED) is 0.737. The summed E-state index contributed by atoms with van der Waals surface area (Å²) in [7, 11) is 3.22. The van der Waals surface area contributed by atoms with Crippen LogP contribution in [-0.2, 0) is 0 Å². The summed E-state index contributed by atoms with van der Waals surface area (Å²) < 4.78 is 22.5. The largest absolute Gasteiger partial charge is 0.494 e. The number of methoxy groups -OCH3 is 2. The minimum Gasteiger partial charge on any atom is -0.494 e. The number of rotatable bonds is 3. The topological polar surface area (TPSA) is 60.9 Å². The van der Waals surface area contributed by atoms with Crippen molar-refractivity contribution in [2.45, 2.75) is 12.8 Å². The lowest BCUT2D eigenvalue weighted by molar-refractivity contribution is 0.402. The van der Waals surface area contributed by atoms with Gasteiger partial charge in [0.2, 0.25) is 11.3 Å². The second-order valence-corrected chi connectivity index (χ2v) is 5.10. The van der Waals surface area contributed by atoms with Crippen molar-refractivity contribution in [3.63, 3.8) is 0 Å². The zero-order valence-electron chi connectivity index (χ0n) is 12.0. The van der Waals surface area contributed by atoms with Crippen molar-refractivity contribution >= 4 is 28.1 Å². The Morgan fingerprint density at radius 2 is 1.86 bits per heavy atom. The third-order valence-corrected chi connectivity index (χ3v) is 3.94. The van der Waals surface area contributed by atoms with Crippen molar-refractivity contribution in [3.05, 3.63) is 12.3 Å². The minimum atomic E-state index is 0.559. The molecule has 1 saturated heterocycles. The molecule has 0 radical (unpaired) electrons. The zero-order chi connectivity index (χ0) is 14.4. The Hall–Kier alpha value is -2.37. The molecule has 0 saturated carbocycles. The number of anilines is 1. The first-order valence-corrected chi connectivity index (χ1v) is 7.00. The summed E-state index contributed by atoms with van der Waals surface area (Å²) in [5.74, 6) is 1.22. The minimum absolute atomic E-state index is 0.559. The van der Waals surface area contributed by atoms with E-state index < -0.39 is 0 Å². The van der Waals surface area contributed by atoms with Gasteiger partial charge in [0, 0.05) is 13.1 Å². The van der Waals surface area contributed by atoms with E-state index in [1.807, 2.05) is 6.07 Å². The number of hydrogen-bond acceptors (Lipinski definition) is 6. The molecule has 3 heterocycles. The Kier molecular flexibility index (Phi) is 2.70. The molecule has 0 atom stereocenters. The highest BCUT2D eigenvalue weighted by Crippen LogP contribution is 2.44. The van der Waals surface area contributed by atoms with Gasteiger partial charge in [0.25, 0.3) is 6.01 Å². The number of hydrogen-bond donors (Lipinski definition) is 0. The van der Waals surface area contributed by atoms with Gasteiger partial charge < -0.3 is 23.2 Å². The molecular formula is C15H16N2O4. The van der Waals surface area contributed by atoms with Crippen molar-refractivity contribution in [1.82, 2.24) is 4.98 Å². The van der Waals surface area contributed by atoms with E-state index in [1.165, 1.54) is 0 Å². The van der Waals surface area contributed by atoms with Crippen LogP contribution in [0.15, 0.2) is 21.2 Å². The van der Waals surface area contributed by atoms with Gasteiger partial charge in [-0.05, 0) is 18.9 Å². The second kappa shape index (κ2) is 4.58. The fourth-order valence-corrected chi connectivity index (χ4v) is 2.95. The first-order chi connectivity index (χ1) is 10.3. The number of fused-ring (bicyclic) bond motifs is 2. The Bertz CT molecular complexity index is 743. The molecule has 110 valence electrons. The van der Waals surface area contributed by atoms with E-state index in [1.54, 1.807) is 20.5 Å². The lowest BCUT2D eigenvalue weighted by atomic mass is 10.2. The highest BCUT2D eigenvalue weighted by molar-refractivity contribution is 6.05. The van der Waals surface area contributed by atoms with E-state index in [2.05, 4.69) is 9.88 Å². The van der Waals surface area contributed by atoms with Crippen molar-refractivity contribution < 1.29 is 18.3 Å². The molecule has 0 N–H and O–H groups in total. The fourth-order valence-electron chi connectivity index (χ4n) is 2.95. The number of oxazole rings is 1. The maximum Gasteiger partial charge on any atom is 0.298 e. The molecule has 6 nitrogen and oxygen atoms in total. The first kappa shape index (κ1) is 12.4. The second-order valence-electron chi connectivity index (χ2n) is 5.10. The maximum atomic E-state index is 5.94. The van der Waals surface area contributed by atoms with E-state index in [4.69, 9.17) is 18.3 Å². The first-order valence-electron chi connectivity index (χ1n) is 7.00.